The number of hydrogen-bond acceptors (Lipinski definition) is 1. The molecular formula is C14H11ClF3N. The summed E-state index contributed by atoms with van der Waals surface area (Å²) >= 11 is 5.84. The van der Waals surface area contributed by atoms with Gasteiger partial charge in [0.1, 0.15) is 17.3 Å². The van der Waals surface area contributed by atoms with E-state index in [1.807, 2.05) is 0 Å². The number of anilines is 1. The second kappa shape index (κ2) is 5.53. The highest BCUT2D eigenvalue weighted by molar-refractivity contribution is 6.31. The van der Waals surface area contributed by atoms with Gasteiger partial charge >= 0.3 is 0 Å². The third-order valence-corrected chi connectivity index (χ3v) is 3.11. The Hall–Kier alpha value is -1.68. The Labute approximate surface area is 114 Å². The molecule has 0 radical (unpaired) electrons. The Bertz CT molecular complexity index is 614. The summed E-state index contributed by atoms with van der Waals surface area (Å²) in [6.45, 7) is 1.65. The van der Waals surface area contributed by atoms with Crippen LogP contribution < -0.4 is 5.32 Å². The van der Waals surface area contributed by atoms with E-state index in [4.69, 9.17) is 11.6 Å². The molecule has 2 aromatic rings. The molecule has 0 heterocycles. The Morgan fingerprint density at radius 1 is 1.11 bits per heavy atom. The van der Waals surface area contributed by atoms with Crippen molar-refractivity contribution in [1.82, 2.24) is 0 Å². The molecule has 0 fully saturated rings. The average molecular weight is 286 g/mol. The van der Waals surface area contributed by atoms with Crippen molar-refractivity contribution in [2.24, 2.45) is 0 Å². The molecule has 0 spiro atoms. The van der Waals surface area contributed by atoms with E-state index < -0.39 is 17.5 Å². The van der Waals surface area contributed by atoms with Crippen LogP contribution in [-0.2, 0) is 6.54 Å². The number of benzene rings is 2. The summed E-state index contributed by atoms with van der Waals surface area (Å²) in [5.74, 6) is -1.78. The van der Waals surface area contributed by atoms with Crippen molar-refractivity contribution >= 4 is 17.3 Å². The lowest BCUT2D eigenvalue weighted by atomic mass is 10.1. The van der Waals surface area contributed by atoms with Crippen molar-refractivity contribution in [3.05, 3.63) is 63.9 Å². The van der Waals surface area contributed by atoms with E-state index in [0.717, 1.165) is 6.07 Å². The highest BCUT2D eigenvalue weighted by Gasteiger charge is 2.11. The van der Waals surface area contributed by atoms with E-state index in [9.17, 15) is 13.2 Å². The van der Waals surface area contributed by atoms with Gasteiger partial charge < -0.3 is 5.32 Å². The number of aryl methyl sites for hydroxylation is 1. The summed E-state index contributed by atoms with van der Waals surface area (Å²) in [6.07, 6.45) is 0. The van der Waals surface area contributed by atoms with Gasteiger partial charge in [0.2, 0.25) is 0 Å². The van der Waals surface area contributed by atoms with Gasteiger partial charge in [-0.2, -0.15) is 0 Å². The van der Waals surface area contributed by atoms with Crippen LogP contribution in [0.2, 0.25) is 5.02 Å². The number of halogens is 4. The van der Waals surface area contributed by atoms with Crippen molar-refractivity contribution in [2.45, 2.75) is 13.5 Å². The fourth-order valence-corrected chi connectivity index (χ4v) is 1.90. The molecule has 0 aromatic heterocycles. The quantitative estimate of drug-likeness (QED) is 0.863. The number of hydrogen-bond donors (Lipinski definition) is 1. The second-order valence-electron chi connectivity index (χ2n) is 4.14. The number of rotatable bonds is 3. The summed E-state index contributed by atoms with van der Waals surface area (Å²) in [6, 6.07) is 6.41. The zero-order valence-electron chi connectivity index (χ0n) is 10.1. The minimum Gasteiger partial charge on any atom is -0.376 e. The normalized spacial score (nSPS) is 10.6. The first-order valence-electron chi connectivity index (χ1n) is 5.61. The van der Waals surface area contributed by atoms with Gasteiger partial charge in [0.15, 0.2) is 5.82 Å². The second-order valence-corrected chi connectivity index (χ2v) is 4.55. The van der Waals surface area contributed by atoms with E-state index in [-0.39, 0.29) is 17.3 Å². The highest BCUT2D eigenvalue weighted by atomic mass is 35.5. The Kier molecular flexibility index (Phi) is 4.00. The highest BCUT2D eigenvalue weighted by Crippen LogP contribution is 2.24. The average Bonchev–Trinajstić information content (AvgIpc) is 2.36. The van der Waals surface area contributed by atoms with E-state index in [1.165, 1.54) is 24.3 Å². The third-order valence-electron chi connectivity index (χ3n) is 2.75. The maximum absolute atomic E-state index is 13.7. The summed E-state index contributed by atoms with van der Waals surface area (Å²) in [5, 5.41) is 2.85. The summed E-state index contributed by atoms with van der Waals surface area (Å²) in [7, 11) is 0. The molecule has 19 heavy (non-hydrogen) atoms. The van der Waals surface area contributed by atoms with E-state index in [2.05, 4.69) is 5.32 Å². The number of nitrogens with one attached hydrogen (secondary N) is 1. The Balaban J connectivity index is 2.21. The van der Waals surface area contributed by atoms with Crippen molar-refractivity contribution in [3.63, 3.8) is 0 Å². The largest absolute Gasteiger partial charge is 0.376 e. The molecule has 0 aliphatic carbocycles. The van der Waals surface area contributed by atoms with Crippen molar-refractivity contribution in [3.8, 4) is 0 Å². The maximum Gasteiger partial charge on any atom is 0.152 e. The van der Waals surface area contributed by atoms with Crippen LogP contribution in [0.1, 0.15) is 11.1 Å². The monoisotopic (exact) mass is 285 g/mol. The van der Waals surface area contributed by atoms with Crippen LogP contribution >= 0.6 is 11.6 Å². The lowest BCUT2D eigenvalue weighted by molar-refractivity contribution is 0.582. The molecule has 1 N–H and O–H groups in total. The fraction of sp³-hybridized carbons (Fsp3) is 0.143. The van der Waals surface area contributed by atoms with Gasteiger partial charge in [-0.05, 0) is 36.2 Å². The molecule has 0 saturated carbocycles. The predicted octanol–water partition coefficient (Wildman–Crippen LogP) is 4.68. The molecule has 0 bridgehead atoms. The first kappa shape index (κ1) is 13.7. The smallest absolute Gasteiger partial charge is 0.152 e. The van der Waals surface area contributed by atoms with Crippen LogP contribution in [0.25, 0.3) is 0 Å². The lowest BCUT2D eigenvalue weighted by Gasteiger charge is -2.11. The molecule has 0 unspecified atom stereocenters. The van der Waals surface area contributed by atoms with Gasteiger partial charge in [-0.15, -0.1) is 0 Å². The minimum absolute atomic E-state index is 0.108. The molecule has 0 aliphatic heterocycles. The van der Waals surface area contributed by atoms with Gasteiger partial charge in [0.25, 0.3) is 0 Å². The fourth-order valence-electron chi connectivity index (χ4n) is 1.67. The third kappa shape index (κ3) is 3.01. The molecule has 2 rings (SSSR count). The molecule has 2 aromatic carbocycles. The summed E-state index contributed by atoms with van der Waals surface area (Å²) in [4.78, 5) is 0. The Morgan fingerprint density at radius 2 is 1.84 bits per heavy atom. The van der Waals surface area contributed by atoms with E-state index in [1.54, 1.807) is 6.92 Å². The van der Waals surface area contributed by atoms with Crippen LogP contribution in [-0.4, -0.2) is 0 Å². The Morgan fingerprint density at radius 3 is 2.53 bits per heavy atom. The SMILES string of the molecule is Cc1ccc(F)c(NCc2ccc(F)cc2Cl)c1F. The first-order valence-corrected chi connectivity index (χ1v) is 5.99. The molecule has 0 amide bonds. The van der Waals surface area contributed by atoms with Gasteiger partial charge in [0.05, 0.1) is 0 Å². The molecule has 1 nitrogen and oxygen atoms in total. The first-order chi connectivity index (χ1) is 8.99. The molecule has 0 aliphatic rings. The predicted molar refractivity (Wildman–Crippen MR) is 69.8 cm³/mol. The van der Waals surface area contributed by atoms with Gasteiger partial charge in [-0.25, -0.2) is 13.2 Å². The maximum atomic E-state index is 13.7. The van der Waals surface area contributed by atoms with E-state index >= 15 is 0 Å². The van der Waals surface area contributed by atoms with Gasteiger partial charge in [-0.1, -0.05) is 23.7 Å². The molecule has 0 saturated heterocycles. The van der Waals surface area contributed by atoms with Gasteiger partial charge in [-0.3, -0.25) is 0 Å². The molecule has 5 heteroatoms. The van der Waals surface area contributed by atoms with Crippen molar-refractivity contribution < 1.29 is 13.2 Å². The molecular weight excluding hydrogens is 275 g/mol. The van der Waals surface area contributed by atoms with Crippen molar-refractivity contribution in [1.29, 1.82) is 0 Å². The van der Waals surface area contributed by atoms with E-state index in [0.29, 0.717) is 11.1 Å². The zero-order chi connectivity index (χ0) is 14.0. The van der Waals surface area contributed by atoms with Gasteiger partial charge in [0, 0.05) is 11.6 Å². The van der Waals surface area contributed by atoms with Crippen LogP contribution in [0.15, 0.2) is 30.3 Å². The minimum atomic E-state index is -0.679. The lowest BCUT2D eigenvalue weighted by Crippen LogP contribution is -2.05. The molecule has 100 valence electrons. The van der Waals surface area contributed by atoms with Crippen LogP contribution in [0.5, 0.6) is 0 Å². The molecule has 0 atom stereocenters. The van der Waals surface area contributed by atoms with Crippen molar-refractivity contribution in [2.75, 3.05) is 5.32 Å². The standard InChI is InChI=1S/C14H11ClF3N/c1-8-2-5-12(17)14(13(8)18)19-7-9-3-4-10(16)6-11(9)15/h2-6,19H,7H2,1H3. The van der Waals surface area contributed by atoms with Crippen LogP contribution in [0, 0.1) is 24.4 Å². The summed E-state index contributed by atoms with van der Waals surface area (Å²) in [5.41, 5.74) is 0.692. The summed E-state index contributed by atoms with van der Waals surface area (Å²) < 4.78 is 40.1. The topological polar surface area (TPSA) is 12.0 Å². The van der Waals surface area contributed by atoms with Crippen LogP contribution in [0.3, 0.4) is 0 Å². The zero-order valence-corrected chi connectivity index (χ0v) is 10.9. The van der Waals surface area contributed by atoms with Crippen LogP contribution in [0.4, 0.5) is 18.9 Å².